The van der Waals surface area contributed by atoms with Crippen molar-refractivity contribution in [3.05, 3.63) is 47.9 Å². The third-order valence-corrected chi connectivity index (χ3v) is 4.92. The van der Waals surface area contributed by atoms with Crippen molar-refractivity contribution < 1.29 is 4.79 Å². The number of rotatable bonds is 6. The smallest absolute Gasteiger partial charge is 0.220 e. The highest BCUT2D eigenvalue weighted by molar-refractivity contribution is 5.85. The Morgan fingerprint density at radius 3 is 2.85 bits per heavy atom. The summed E-state index contributed by atoms with van der Waals surface area (Å²) in [5.74, 6) is 0.157. The number of hydrogen-bond donors (Lipinski definition) is 1. The molecule has 26 heavy (non-hydrogen) atoms. The Morgan fingerprint density at radius 2 is 2.12 bits per heavy atom. The molecular formula is C21H24N4O. The predicted molar refractivity (Wildman–Crippen MR) is 103 cm³/mol. The monoisotopic (exact) mass is 348 g/mol. The second kappa shape index (κ2) is 6.90. The molecule has 1 N–H and O–H groups in total. The van der Waals surface area contributed by atoms with Gasteiger partial charge < -0.3 is 9.88 Å². The van der Waals surface area contributed by atoms with Crippen LogP contribution in [0.25, 0.3) is 22.3 Å². The van der Waals surface area contributed by atoms with Crippen LogP contribution in [0, 0.1) is 6.92 Å². The van der Waals surface area contributed by atoms with Crippen LogP contribution in [-0.4, -0.2) is 26.5 Å². The number of aryl methyl sites for hydroxylation is 3. The molecule has 1 fully saturated rings. The van der Waals surface area contributed by atoms with E-state index < -0.39 is 0 Å². The van der Waals surface area contributed by atoms with Gasteiger partial charge in [-0.15, -0.1) is 0 Å². The number of aromatic nitrogens is 3. The van der Waals surface area contributed by atoms with Crippen molar-refractivity contribution in [2.75, 3.05) is 0 Å². The van der Waals surface area contributed by atoms with Gasteiger partial charge >= 0.3 is 0 Å². The Kier molecular flexibility index (Phi) is 4.45. The fourth-order valence-electron chi connectivity index (χ4n) is 3.18. The summed E-state index contributed by atoms with van der Waals surface area (Å²) >= 11 is 0. The van der Waals surface area contributed by atoms with Gasteiger partial charge in [0, 0.05) is 30.6 Å². The molecule has 1 saturated carbocycles. The molecule has 0 spiro atoms. The van der Waals surface area contributed by atoms with Crippen LogP contribution >= 0.6 is 0 Å². The third-order valence-electron chi connectivity index (χ3n) is 4.92. The summed E-state index contributed by atoms with van der Waals surface area (Å²) in [6, 6.07) is 8.81. The highest BCUT2D eigenvalue weighted by Gasteiger charge is 2.22. The van der Waals surface area contributed by atoms with Gasteiger partial charge in [-0.25, -0.2) is 9.97 Å². The van der Waals surface area contributed by atoms with Gasteiger partial charge in [0.1, 0.15) is 5.69 Å². The summed E-state index contributed by atoms with van der Waals surface area (Å²) < 4.78 is 2.05. The predicted octanol–water partition coefficient (Wildman–Crippen LogP) is 3.64. The van der Waals surface area contributed by atoms with E-state index in [2.05, 4.69) is 48.4 Å². The first-order chi connectivity index (χ1) is 12.6. The molecule has 0 aliphatic heterocycles. The number of imidazole rings is 1. The molecule has 2 aromatic heterocycles. The summed E-state index contributed by atoms with van der Waals surface area (Å²) in [5.41, 5.74) is 5.13. The summed E-state index contributed by atoms with van der Waals surface area (Å²) in [7, 11) is 0. The zero-order chi connectivity index (χ0) is 18.1. The van der Waals surface area contributed by atoms with Gasteiger partial charge in [-0.3, -0.25) is 4.79 Å². The maximum atomic E-state index is 11.9. The standard InChI is InChI=1S/C21H24N4O/c1-3-25-12-20(22-13-25)19-10-14(2)17-11-15(4-8-18(17)24-19)5-9-21(26)23-16-6-7-16/h4,8,10-13,16H,3,5-7,9H2,1-2H3,(H,23,26). The van der Waals surface area contributed by atoms with Crippen molar-refractivity contribution in [2.45, 2.75) is 52.1 Å². The van der Waals surface area contributed by atoms with Gasteiger partial charge in [0.15, 0.2) is 0 Å². The molecule has 0 bridgehead atoms. The lowest BCUT2D eigenvalue weighted by molar-refractivity contribution is -0.121. The lowest BCUT2D eigenvalue weighted by atomic mass is 10.0. The van der Waals surface area contributed by atoms with E-state index in [1.807, 2.05) is 17.1 Å². The molecule has 0 saturated heterocycles. The second-order valence-corrected chi connectivity index (χ2v) is 7.11. The van der Waals surface area contributed by atoms with Crippen molar-refractivity contribution in [2.24, 2.45) is 0 Å². The number of nitrogens with one attached hydrogen (secondary N) is 1. The molecule has 1 aliphatic carbocycles. The maximum absolute atomic E-state index is 11.9. The van der Waals surface area contributed by atoms with Crippen LogP contribution in [0.15, 0.2) is 36.8 Å². The number of nitrogens with zero attached hydrogens (tertiary/aromatic N) is 3. The highest BCUT2D eigenvalue weighted by atomic mass is 16.1. The van der Waals surface area contributed by atoms with E-state index in [4.69, 9.17) is 4.98 Å². The number of carbonyl (C=O) groups excluding carboxylic acids is 1. The van der Waals surface area contributed by atoms with E-state index in [0.29, 0.717) is 12.5 Å². The molecule has 134 valence electrons. The fraction of sp³-hybridized carbons (Fsp3) is 0.381. The van der Waals surface area contributed by atoms with E-state index >= 15 is 0 Å². The largest absolute Gasteiger partial charge is 0.353 e. The topological polar surface area (TPSA) is 59.8 Å². The number of amides is 1. The van der Waals surface area contributed by atoms with Crippen molar-refractivity contribution >= 4 is 16.8 Å². The Morgan fingerprint density at radius 1 is 1.27 bits per heavy atom. The molecule has 2 heterocycles. The lowest BCUT2D eigenvalue weighted by Gasteiger charge is -2.08. The molecule has 5 nitrogen and oxygen atoms in total. The quantitative estimate of drug-likeness (QED) is 0.740. The van der Waals surface area contributed by atoms with Crippen molar-refractivity contribution in [1.82, 2.24) is 19.9 Å². The third kappa shape index (κ3) is 3.62. The molecule has 0 unspecified atom stereocenters. The van der Waals surface area contributed by atoms with Gasteiger partial charge in [0.05, 0.1) is 17.5 Å². The van der Waals surface area contributed by atoms with E-state index in [-0.39, 0.29) is 5.91 Å². The summed E-state index contributed by atoms with van der Waals surface area (Å²) in [6.07, 6.45) is 7.43. The van der Waals surface area contributed by atoms with Crippen LogP contribution in [0.2, 0.25) is 0 Å². The molecular weight excluding hydrogens is 324 g/mol. The Labute approximate surface area is 153 Å². The van der Waals surface area contributed by atoms with Gasteiger partial charge in [-0.1, -0.05) is 6.07 Å². The first-order valence-electron chi connectivity index (χ1n) is 9.34. The molecule has 1 amide bonds. The highest BCUT2D eigenvalue weighted by Crippen LogP contribution is 2.25. The average molecular weight is 348 g/mol. The zero-order valence-electron chi connectivity index (χ0n) is 15.3. The van der Waals surface area contributed by atoms with Crippen LogP contribution in [0.5, 0.6) is 0 Å². The normalized spacial score (nSPS) is 13.9. The van der Waals surface area contributed by atoms with E-state index in [0.717, 1.165) is 48.1 Å². The Bertz CT molecular complexity index is 956. The van der Waals surface area contributed by atoms with Gasteiger partial charge in [-0.2, -0.15) is 0 Å². The zero-order valence-corrected chi connectivity index (χ0v) is 15.3. The Balaban J connectivity index is 1.55. The lowest BCUT2D eigenvalue weighted by Crippen LogP contribution is -2.25. The van der Waals surface area contributed by atoms with Gasteiger partial charge in [-0.05, 0) is 62.4 Å². The first kappa shape index (κ1) is 16.8. The molecule has 0 radical (unpaired) electrons. The first-order valence-corrected chi connectivity index (χ1v) is 9.34. The van der Waals surface area contributed by atoms with E-state index in [9.17, 15) is 4.79 Å². The minimum Gasteiger partial charge on any atom is -0.353 e. The van der Waals surface area contributed by atoms with E-state index in [1.54, 1.807) is 0 Å². The minimum absolute atomic E-state index is 0.157. The van der Waals surface area contributed by atoms with Crippen LogP contribution in [0.3, 0.4) is 0 Å². The van der Waals surface area contributed by atoms with Crippen molar-refractivity contribution in [3.63, 3.8) is 0 Å². The van der Waals surface area contributed by atoms with Crippen molar-refractivity contribution in [3.8, 4) is 11.4 Å². The van der Waals surface area contributed by atoms with Crippen LogP contribution in [0.1, 0.15) is 37.3 Å². The molecule has 1 aromatic carbocycles. The van der Waals surface area contributed by atoms with Crippen molar-refractivity contribution in [1.29, 1.82) is 0 Å². The van der Waals surface area contributed by atoms with E-state index in [1.165, 1.54) is 11.1 Å². The molecule has 4 rings (SSSR count). The average Bonchev–Trinajstić information content (AvgIpc) is 3.32. The maximum Gasteiger partial charge on any atom is 0.220 e. The van der Waals surface area contributed by atoms with Gasteiger partial charge in [0.25, 0.3) is 0 Å². The number of benzene rings is 1. The summed E-state index contributed by atoms with van der Waals surface area (Å²) in [6.45, 7) is 5.10. The number of pyridine rings is 1. The minimum atomic E-state index is 0.157. The molecule has 3 aromatic rings. The fourth-order valence-corrected chi connectivity index (χ4v) is 3.18. The summed E-state index contributed by atoms with van der Waals surface area (Å²) in [4.78, 5) is 21.1. The van der Waals surface area contributed by atoms with Gasteiger partial charge in [0.2, 0.25) is 5.91 Å². The Hall–Kier alpha value is -2.69. The van der Waals surface area contributed by atoms with Crippen LogP contribution < -0.4 is 5.32 Å². The molecule has 0 atom stereocenters. The summed E-state index contributed by atoms with van der Waals surface area (Å²) in [5, 5.41) is 4.19. The SMILES string of the molecule is CCn1cnc(-c2cc(C)c3cc(CCC(=O)NC4CC4)ccc3n2)c1. The molecule has 5 heteroatoms. The number of fused-ring (bicyclic) bond motifs is 1. The molecule has 1 aliphatic rings. The number of hydrogen-bond acceptors (Lipinski definition) is 3. The van der Waals surface area contributed by atoms with Crippen LogP contribution in [-0.2, 0) is 17.8 Å². The second-order valence-electron chi connectivity index (χ2n) is 7.11. The van der Waals surface area contributed by atoms with Crippen LogP contribution in [0.4, 0.5) is 0 Å². The number of carbonyl (C=O) groups is 1.